The summed E-state index contributed by atoms with van der Waals surface area (Å²) in [5.74, 6) is 5.72. The highest BCUT2D eigenvalue weighted by atomic mass is 32.2. The molecule has 0 aliphatic carbocycles. The Morgan fingerprint density at radius 1 is 2.00 bits per heavy atom. The number of hydrazone groups is 1. The number of nitrogens with two attached hydrogens (primary N) is 1. The molecule has 2 N–H and O–H groups in total. The van der Waals surface area contributed by atoms with E-state index < -0.39 is 10.8 Å². The molecule has 1 aliphatic heterocycles. The Hall–Kier alpha value is -0.510. The lowest BCUT2D eigenvalue weighted by Gasteiger charge is -1.85. The van der Waals surface area contributed by atoms with Crippen molar-refractivity contribution in [1.29, 1.82) is 0 Å². The van der Waals surface area contributed by atoms with Crippen molar-refractivity contribution in [2.45, 2.75) is 0 Å². The fraction of sp³-hybridized carbons (Fsp3) is 0.333. The Morgan fingerprint density at radius 2 is 2.71 bits per heavy atom. The van der Waals surface area contributed by atoms with E-state index in [1.165, 1.54) is 10.2 Å². The van der Waals surface area contributed by atoms with Gasteiger partial charge in [-0.25, -0.2) is 10.5 Å². The molecule has 1 aliphatic rings. The van der Waals surface area contributed by atoms with E-state index in [-0.39, 0.29) is 0 Å². The van der Waals surface area contributed by atoms with Gasteiger partial charge in [0.05, 0.1) is 0 Å². The zero-order valence-corrected chi connectivity index (χ0v) is 4.52. The van der Waals surface area contributed by atoms with Crippen LogP contribution in [0.2, 0.25) is 0 Å². The zero-order chi connectivity index (χ0) is 5.28. The van der Waals surface area contributed by atoms with Crippen molar-refractivity contribution in [2.75, 3.05) is 5.75 Å². The first kappa shape index (κ1) is 4.64. The average molecular weight is 118 g/mol. The Morgan fingerprint density at radius 3 is 2.86 bits per heavy atom. The summed E-state index contributed by atoms with van der Waals surface area (Å²) in [6.07, 6.45) is 0. The minimum Gasteiger partial charge on any atom is -0.270 e. The van der Waals surface area contributed by atoms with E-state index in [9.17, 15) is 4.21 Å². The summed E-state index contributed by atoms with van der Waals surface area (Å²) in [5, 5.41) is 0. The molecule has 1 rings (SSSR count). The zero-order valence-electron chi connectivity index (χ0n) is 3.70. The van der Waals surface area contributed by atoms with Crippen molar-refractivity contribution in [3.8, 4) is 0 Å². The molecule has 0 aromatic carbocycles. The van der Waals surface area contributed by atoms with Crippen LogP contribution >= 0.6 is 0 Å². The van der Waals surface area contributed by atoms with Crippen LogP contribution in [0.15, 0.2) is 0 Å². The second-order valence-corrected chi connectivity index (χ2v) is 2.59. The summed E-state index contributed by atoms with van der Waals surface area (Å²) < 4.78 is 11.7. The lowest BCUT2D eigenvalue weighted by molar-refractivity contribution is -0.487. The molecule has 40 valence electrons. The third kappa shape index (κ3) is 0.928. The number of hydrogen-bond donors (Lipinski definition) is 1. The Labute approximate surface area is 44.3 Å². The largest absolute Gasteiger partial charge is 0.270 e. The van der Waals surface area contributed by atoms with Gasteiger partial charge in [0.2, 0.25) is 0 Å². The second kappa shape index (κ2) is 1.54. The predicted molar refractivity (Wildman–Crippen MR) is 27.8 cm³/mol. The monoisotopic (exact) mass is 118 g/mol. The highest BCUT2D eigenvalue weighted by Crippen LogP contribution is 1.88. The van der Waals surface area contributed by atoms with Crippen molar-refractivity contribution in [2.24, 2.45) is 5.84 Å². The lowest BCUT2D eigenvalue weighted by atomic mass is 10.8. The Kier molecular flexibility index (Phi) is 1.02. The van der Waals surface area contributed by atoms with E-state index in [4.69, 9.17) is 5.84 Å². The van der Waals surface area contributed by atoms with Gasteiger partial charge < -0.3 is 0 Å². The maximum atomic E-state index is 10.4. The van der Waals surface area contributed by atoms with Gasteiger partial charge in [0.15, 0.2) is 0 Å². The van der Waals surface area contributed by atoms with Gasteiger partial charge in [0.25, 0.3) is 0 Å². The summed E-state index contributed by atoms with van der Waals surface area (Å²) in [6, 6.07) is 0. The Bertz CT molecular complexity index is 131. The molecule has 0 spiro atoms. The van der Waals surface area contributed by atoms with Gasteiger partial charge in [0, 0.05) is 23.1 Å². The van der Waals surface area contributed by atoms with Crippen LogP contribution in [-0.4, -0.2) is 20.2 Å². The molecular weight excluding hydrogens is 112 g/mol. The molecule has 4 heteroatoms. The molecule has 0 bridgehead atoms. The van der Waals surface area contributed by atoms with Crippen LogP contribution in [0.25, 0.3) is 0 Å². The van der Waals surface area contributed by atoms with Crippen LogP contribution in [-0.2, 0) is 10.8 Å². The summed E-state index contributed by atoms with van der Waals surface area (Å²) in [5.41, 5.74) is 1.47. The minimum atomic E-state index is -0.833. The summed E-state index contributed by atoms with van der Waals surface area (Å²) >= 11 is 0. The highest BCUT2D eigenvalue weighted by Gasteiger charge is 2.02. The quantitative estimate of drug-likeness (QED) is 0.247. The van der Waals surface area contributed by atoms with E-state index in [0.717, 1.165) is 0 Å². The molecule has 0 radical (unpaired) electrons. The van der Waals surface area contributed by atoms with E-state index >= 15 is 0 Å². The second-order valence-electron chi connectivity index (χ2n) is 1.28. The first-order valence-electron chi connectivity index (χ1n) is 1.87. The smallest absolute Gasteiger partial charge is 0.118 e. The molecule has 3 nitrogen and oxygen atoms in total. The molecule has 0 amide bonds. The van der Waals surface area contributed by atoms with Crippen LogP contribution in [0.1, 0.15) is 0 Å². The fourth-order valence-corrected chi connectivity index (χ4v) is 1.14. The van der Waals surface area contributed by atoms with Gasteiger partial charge in [-0.2, -0.15) is 0 Å². The number of nitrogens with zero attached hydrogens (tertiary/aromatic N) is 1. The first-order chi connectivity index (χ1) is 3.29. The third-order valence-corrected chi connectivity index (χ3v) is 1.65. The number of rotatable bonds is 0. The molecule has 1 heterocycles. The van der Waals surface area contributed by atoms with Crippen molar-refractivity contribution < 1.29 is 8.89 Å². The van der Waals surface area contributed by atoms with Crippen LogP contribution in [0.3, 0.4) is 0 Å². The molecular formula is C3H6N2OS. The van der Waals surface area contributed by atoms with E-state index in [1.807, 2.05) is 0 Å². The lowest BCUT2D eigenvalue weighted by Crippen LogP contribution is -2.12. The van der Waals surface area contributed by atoms with Crippen LogP contribution in [0.4, 0.5) is 0 Å². The molecule has 1 unspecified atom stereocenters. The molecule has 1 atom stereocenters. The van der Waals surface area contributed by atoms with Gasteiger partial charge in [-0.1, -0.05) is 0 Å². The molecule has 0 saturated carbocycles. The topological polar surface area (TPSA) is 46.1 Å². The molecule has 0 saturated heterocycles. The maximum absolute atomic E-state index is 10.4. The number of hydrogen-bond acceptors (Lipinski definition) is 2. The van der Waals surface area contributed by atoms with Gasteiger partial charge in [0.1, 0.15) is 5.55 Å². The van der Waals surface area contributed by atoms with E-state index in [1.54, 1.807) is 6.54 Å². The SMILES string of the molecule is N[N+]1=CS(=O)C[CH-]1. The van der Waals surface area contributed by atoms with Gasteiger partial charge in [-0.05, 0) is 0 Å². The van der Waals surface area contributed by atoms with Crippen molar-refractivity contribution >= 4 is 16.3 Å². The van der Waals surface area contributed by atoms with Crippen molar-refractivity contribution in [1.82, 2.24) is 0 Å². The fourth-order valence-electron chi connectivity index (χ4n) is 0.381. The standard InChI is InChI=1S/C3H6N2OS/c4-5-1-2-7(6)3-5/h1,3H,2,4H2. The van der Waals surface area contributed by atoms with Crippen LogP contribution in [0.5, 0.6) is 0 Å². The summed E-state index contributed by atoms with van der Waals surface area (Å²) in [7, 11) is -0.833. The average Bonchev–Trinajstić information content (AvgIpc) is 1.87. The highest BCUT2D eigenvalue weighted by molar-refractivity contribution is 7.98. The van der Waals surface area contributed by atoms with Crippen LogP contribution < -0.4 is 5.84 Å². The normalized spacial score (nSPS) is 29.1. The van der Waals surface area contributed by atoms with Gasteiger partial charge >= 0.3 is 0 Å². The molecule has 7 heavy (non-hydrogen) atoms. The van der Waals surface area contributed by atoms with E-state index in [2.05, 4.69) is 0 Å². The maximum Gasteiger partial charge on any atom is 0.118 e. The molecule has 0 aromatic rings. The van der Waals surface area contributed by atoms with Crippen LogP contribution in [0, 0.1) is 6.54 Å². The summed E-state index contributed by atoms with van der Waals surface area (Å²) in [4.78, 5) is 0. The van der Waals surface area contributed by atoms with E-state index in [0.29, 0.717) is 5.75 Å². The summed E-state index contributed by atoms with van der Waals surface area (Å²) in [6.45, 7) is 1.68. The van der Waals surface area contributed by atoms with Gasteiger partial charge in [-0.3, -0.25) is 4.21 Å². The molecule has 0 fully saturated rings. The number of hydrazine groups is 1. The molecule has 0 aromatic heterocycles. The third-order valence-electron chi connectivity index (χ3n) is 0.689. The Balaban J connectivity index is 2.67. The van der Waals surface area contributed by atoms with Crippen molar-refractivity contribution in [3.05, 3.63) is 6.54 Å². The van der Waals surface area contributed by atoms with Gasteiger partial charge in [-0.15, -0.1) is 0 Å². The first-order valence-corrected chi connectivity index (χ1v) is 3.26. The minimum absolute atomic E-state index is 0.566. The predicted octanol–water partition coefficient (Wildman–Crippen LogP) is -1.18. The van der Waals surface area contributed by atoms with Crippen molar-refractivity contribution in [3.63, 3.8) is 0 Å².